The van der Waals surface area contributed by atoms with Gasteiger partial charge in [0.1, 0.15) is 29.8 Å². The van der Waals surface area contributed by atoms with E-state index in [1.165, 1.54) is 10.7 Å². The van der Waals surface area contributed by atoms with Crippen molar-refractivity contribution in [2.24, 2.45) is 0 Å². The van der Waals surface area contributed by atoms with E-state index < -0.39 is 0 Å². The Morgan fingerprint density at radius 1 is 1.10 bits per heavy atom. The van der Waals surface area contributed by atoms with Gasteiger partial charge in [-0.15, -0.1) is 0 Å². The van der Waals surface area contributed by atoms with Gasteiger partial charge in [0, 0.05) is 5.56 Å². The molecule has 6 heteroatoms. The molecule has 0 bridgehead atoms. The van der Waals surface area contributed by atoms with E-state index in [0.29, 0.717) is 11.3 Å². The first kappa shape index (κ1) is 11.7. The molecule has 0 atom stereocenters. The van der Waals surface area contributed by atoms with E-state index in [2.05, 4.69) is 16.0 Å². The van der Waals surface area contributed by atoms with Crippen molar-refractivity contribution in [3.63, 3.8) is 0 Å². The van der Waals surface area contributed by atoms with Crippen LogP contribution in [0.25, 0.3) is 16.9 Å². The molecule has 0 aliphatic heterocycles. The molecule has 0 saturated carbocycles. The molecule has 1 aromatic carbocycles. The Bertz CT molecular complexity index is 880. The minimum absolute atomic E-state index is 0.179. The summed E-state index contributed by atoms with van der Waals surface area (Å²) in [7, 11) is 0. The molecule has 0 amide bonds. The highest BCUT2D eigenvalue weighted by atomic mass is 15.1. The lowest BCUT2D eigenvalue weighted by Crippen LogP contribution is -2.04. The largest absolute Gasteiger partial charge is 0.384 e. The highest BCUT2D eigenvalue weighted by Crippen LogP contribution is 2.27. The normalized spacial score (nSPS) is 10.1. The number of anilines is 1. The summed E-state index contributed by atoms with van der Waals surface area (Å²) in [6.07, 6.45) is 1.39. The Morgan fingerprint density at radius 2 is 1.85 bits per heavy atom. The second-order valence-electron chi connectivity index (χ2n) is 4.10. The van der Waals surface area contributed by atoms with Gasteiger partial charge in [-0.3, -0.25) is 4.40 Å². The fourth-order valence-corrected chi connectivity index (χ4v) is 2.02. The number of nitrogens with two attached hydrogens (primary N) is 1. The Morgan fingerprint density at radius 3 is 2.50 bits per heavy atom. The number of nitrogens with zero attached hydrogens (tertiary/aromatic N) is 5. The summed E-state index contributed by atoms with van der Waals surface area (Å²) < 4.78 is 1.45. The number of aromatic nitrogens is 3. The van der Waals surface area contributed by atoms with Crippen LogP contribution in [0, 0.1) is 22.7 Å². The summed E-state index contributed by atoms with van der Waals surface area (Å²) in [6.45, 7) is 0. The molecule has 2 heterocycles. The smallest absolute Gasteiger partial charge is 0.185 e. The number of fused-ring (bicyclic) bond motifs is 1. The summed E-state index contributed by atoms with van der Waals surface area (Å²) in [5.74, 6) is 0.227. The topological polar surface area (TPSA) is 104 Å². The molecule has 2 N–H and O–H groups in total. The first-order valence-electron chi connectivity index (χ1n) is 5.78. The van der Waals surface area contributed by atoms with Crippen LogP contribution < -0.4 is 5.73 Å². The maximum Gasteiger partial charge on any atom is 0.185 e. The van der Waals surface area contributed by atoms with Gasteiger partial charge >= 0.3 is 0 Å². The van der Waals surface area contributed by atoms with Crippen molar-refractivity contribution in [1.29, 1.82) is 10.5 Å². The van der Waals surface area contributed by atoms with Crippen LogP contribution in [0.1, 0.15) is 11.3 Å². The Kier molecular flexibility index (Phi) is 2.56. The lowest BCUT2D eigenvalue weighted by atomic mass is 10.1. The van der Waals surface area contributed by atoms with Gasteiger partial charge in [0.05, 0.1) is 5.69 Å². The molecule has 0 aliphatic rings. The molecule has 0 fully saturated rings. The monoisotopic (exact) mass is 260 g/mol. The van der Waals surface area contributed by atoms with Crippen molar-refractivity contribution in [1.82, 2.24) is 14.4 Å². The van der Waals surface area contributed by atoms with Gasteiger partial charge < -0.3 is 5.73 Å². The average molecular weight is 260 g/mol. The van der Waals surface area contributed by atoms with E-state index in [9.17, 15) is 5.26 Å². The third-order valence-corrected chi connectivity index (χ3v) is 2.98. The highest BCUT2D eigenvalue weighted by molar-refractivity contribution is 5.76. The van der Waals surface area contributed by atoms with Crippen molar-refractivity contribution in [3.8, 4) is 23.4 Å². The molecule has 3 rings (SSSR count). The van der Waals surface area contributed by atoms with Gasteiger partial charge in [0.25, 0.3) is 0 Å². The summed E-state index contributed by atoms with van der Waals surface area (Å²) in [6, 6.07) is 13.3. The van der Waals surface area contributed by atoms with Gasteiger partial charge in [-0.25, -0.2) is 9.97 Å². The van der Waals surface area contributed by atoms with Gasteiger partial charge in [-0.1, -0.05) is 30.3 Å². The second-order valence-corrected chi connectivity index (χ2v) is 4.10. The Hall–Kier alpha value is -3.38. The minimum Gasteiger partial charge on any atom is -0.384 e. The number of nitriles is 2. The van der Waals surface area contributed by atoms with Crippen molar-refractivity contribution < 1.29 is 0 Å². The zero-order chi connectivity index (χ0) is 14.1. The molecule has 0 unspecified atom stereocenters. The number of nitrogen functional groups attached to an aromatic ring is 1. The molecule has 0 spiro atoms. The molecule has 0 radical (unpaired) electrons. The second kappa shape index (κ2) is 4.38. The number of imidazole rings is 1. The number of hydrogen-bond acceptors (Lipinski definition) is 5. The molecule has 6 nitrogen and oxygen atoms in total. The van der Waals surface area contributed by atoms with E-state index in [1.807, 2.05) is 36.4 Å². The molecule has 0 saturated heterocycles. The van der Waals surface area contributed by atoms with Crippen molar-refractivity contribution in [3.05, 3.63) is 47.9 Å². The van der Waals surface area contributed by atoms with Gasteiger partial charge in [0.15, 0.2) is 11.3 Å². The van der Waals surface area contributed by atoms with Crippen LogP contribution >= 0.6 is 0 Å². The molecule has 94 valence electrons. The maximum absolute atomic E-state index is 9.32. The van der Waals surface area contributed by atoms with Crippen LogP contribution in [0.2, 0.25) is 0 Å². The average Bonchev–Trinajstić information content (AvgIpc) is 2.91. The maximum atomic E-state index is 9.32. The van der Waals surface area contributed by atoms with Crippen LogP contribution in [-0.4, -0.2) is 14.4 Å². The summed E-state index contributed by atoms with van der Waals surface area (Å²) >= 11 is 0. The van der Waals surface area contributed by atoms with E-state index in [4.69, 9.17) is 11.0 Å². The summed E-state index contributed by atoms with van der Waals surface area (Å²) in [5, 5.41) is 18.3. The standard InChI is InChI=1S/C14H8N6/c15-6-10-12(9-4-2-1-3-5-9)19-14-11(7-16)18-8-20(14)13(10)17/h1-5,8H,17H2. The van der Waals surface area contributed by atoms with Crippen molar-refractivity contribution in [2.75, 3.05) is 5.73 Å². The quantitative estimate of drug-likeness (QED) is 0.717. The molecule has 3 aromatic rings. The lowest BCUT2D eigenvalue weighted by molar-refractivity contribution is 1.12. The van der Waals surface area contributed by atoms with Crippen LogP contribution in [0.5, 0.6) is 0 Å². The fraction of sp³-hybridized carbons (Fsp3) is 0. The molecular formula is C14H8N6. The molecule has 2 aromatic heterocycles. The SMILES string of the molecule is N#Cc1c(-c2ccccc2)nc2c(C#N)ncn2c1N. The zero-order valence-corrected chi connectivity index (χ0v) is 10.3. The van der Waals surface area contributed by atoms with E-state index in [1.54, 1.807) is 0 Å². The van der Waals surface area contributed by atoms with Crippen LogP contribution in [0.15, 0.2) is 36.7 Å². The molecular weight excluding hydrogens is 252 g/mol. The third kappa shape index (κ3) is 1.57. The number of hydrogen-bond donors (Lipinski definition) is 1. The van der Waals surface area contributed by atoms with E-state index in [-0.39, 0.29) is 17.1 Å². The zero-order valence-electron chi connectivity index (χ0n) is 10.3. The summed E-state index contributed by atoms with van der Waals surface area (Å²) in [4.78, 5) is 8.32. The highest BCUT2D eigenvalue weighted by Gasteiger charge is 2.17. The lowest BCUT2D eigenvalue weighted by Gasteiger charge is -2.08. The number of benzene rings is 1. The molecule has 20 heavy (non-hydrogen) atoms. The molecule has 0 aliphatic carbocycles. The Balaban J connectivity index is 2.43. The van der Waals surface area contributed by atoms with Crippen LogP contribution in [0.3, 0.4) is 0 Å². The van der Waals surface area contributed by atoms with Crippen molar-refractivity contribution in [2.45, 2.75) is 0 Å². The predicted octanol–water partition coefficient (Wildman–Crippen LogP) is 1.72. The fourth-order valence-electron chi connectivity index (χ4n) is 2.02. The van der Waals surface area contributed by atoms with E-state index in [0.717, 1.165) is 5.56 Å². The minimum atomic E-state index is 0.179. The predicted molar refractivity (Wildman–Crippen MR) is 72.3 cm³/mol. The van der Waals surface area contributed by atoms with Crippen LogP contribution in [-0.2, 0) is 0 Å². The van der Waals surface area contributed by atoms with Crippen LogP contribution in [0.4, 0.5) is 5.82 Å². The third-order valence-electron chi connectivity index (χ3n) is 2.98. The van der Waals surface area contributed by atoms with E-state index >= 15 is 0 Å². The van der Waals surface area contributed by atoms with Gasteiger partial charge in [-0.05, 0) is 0 Å². The van der Waals surface area contributed by atoms with Gasteiger partial charge in [0.2, 0.25) is 0 Å². The summed E-state index contributed by atoms with van der Waals surface area (Å²) in [5.41, 5.74) is 8.01. The van der Waals surface area contributed by atoms with Gasteiger partial charge in [-0.2, -0.15) is 10.5 Å². The Labute approximate surface area is 114 Å². The number of rotatable bonds is 1. The van der Waals surface area contributed by atoms with Crippen molar-refractivity contribution >= 4 is 11.5 Å². The first-order chi connectivity index (χ1) is 9.76. The first-order valence-corrected chi connectivity index (χ1v) is 5.78.